The average Bonchev–Trinajstić information content (AvgIpc) is 2.31. The molecule has 0 amide bonds. The van der Waals surface area contributed by atoms with E-state index in [0.29, 0.717) is 0 Å². The molecule has 0 aliphatic rings. The number of thiophene rings is 1. The zero-order valence-corrected chi connectivity index (χ0v) is 8.78. The molecule has 0 spiro atoms. The lowest BCUT2D eigenvalue weighted by Gasteiger charge is -2.00. The number of halogens is 1. The third kappa shape index (κ3) is 3.36. The fraction of sp³-hybridized carbons (Fsp3) is 0.500. The summed E-state index contributed by atoms with van der Waals surface area (Å²) in [5.41, 5.74) is 0. The highest BCUT2D eigenvalue weighted by atomic mass is 79.9. The van der Waals surface area contributed by atoms with Gasteiger partial charge in [0.2, 0.25) is 0 Å². The number of aliphatic hydroxyl groups is 1. The second-order valence-electron chi connectivity index (χ2n) is 2.59. The lowest BCUT2D eigenvalue weighted by Crippen LogP contribution is -1.99. The van der Waals surface area contributed by atoms with Crippen molar-refractivity contribution in [3.63, 3.8) is 0 Å². The van der Waals surface area contributed by atoms with Gasteiger partial charge >= 0.3 is 0 Å². The van der Waals surface area contributed by atoms with Gasteiger partial charge in [0.05, 0.1) is 9.89 Å². The molecule has 1 aromatic heterocycles. The van der Waals surface area contributed by atoms with Crippen LogP contribution in [0.1, 0.15) is 18.2 Å². The second-order valence-corrected chi connectivity index (χ2v) is 5.14. The number of hydrogen-bond donors (Lipinski definition) is 1. The smallest absolute Gasteiger partial charge is 0.0701 e. The van der Waals surface area contributed by atoms with E-state index >= 15 is 0 Å². The zero-order valence-electron chi connectivity index (χ0n) is 6.38. The van der Waals surface area contributed by atoms with Crippen molar-refractivity contribution in [1.29, 1.82) is 0 Å². The van der Waals surface area contributed by atoms with Crippen LogP contribution in [0.15, 0.2) is 15.9 Å². The molecule has 1 unspecified atom stereocenters. The quantitative estimate of drug-likeness (QED) is 0.854. The van der Waals surface area contributed by atoms with Gasteiger partial charge in [0, 0.05) is 4.88 Å². The number of aryl methyl sites for hydroxylation is 1. The Bertz CT molecular complexity index is 220. The maximum absolute atomic E-state index is 9.01. The van der Waals surface area contributed by atoms with Crippen molar-refractivity contribution in [3.05, 3.63) is 20.8 Å². The highest BCUT2D eigenvalue weighted by molar-refractivity contribution is 9.11. The lowest BCUT2D eigenvalue weighted by molar-refractivity contribution is 0.185. The van der Waals surface area contributed by atoms with Crippen LogP contribution >= 0.6 is 27.3 Å². The van der Waals surface area contributed by atoms with Gasteiger partial charge < -0.3 is 5.11 Å². The molecule has 0 saturated heterocycles. The van der Waals surface area contributed by atoms with Gasteiger partial charge in [0.25, 0.3) is 0 Å². The average molecular weight is 235 g/mol. The van der Waals surface area contributed by atoms with Crippen LogP contribution < -0.4 is 0 Å². The predicted molar refractivity (Wildman–Crippen MR) is 52.0 cm³/mol. The standard InChI is InChI=1S/C8H11BrOS/c1-6(10)2-3-7-4-5-8(9)11-7/h4-6,10H,2-3H2,1H3. The fourth-order valence-corrected chi connectivity index (χ4v) is 2.34. The molecule has 1 rings (SSSR count). The largest absolute Gasteiger partial charge is 0.393 e. The molecule has 1 heterocycles. The minimum atomic E-state index is -0.184. The maximum atomic E-state index is 9.01. The second kappa shape index (κ2) is 4.24. The van der Waals surface area contributed by atoms with Crippen molar-refractivity contribution in [2.75, 3.05) is 0 Å². The van der Waals surface area contributed by atoms with E-state index in [1.54, 1.807) is 11.3 Å². The first kappa shape index (κ1) is 9.23. The Balaban J connectivity index is 2.39. The molecule has 1 nitrogen and oxygen atoms in total. The van der Waals surface area contributed by atoms with Crippen LogP contribution in [0, 0.1) is 0 Å². The molecule has 0 fully saturated rings. The molecule has 1 atom stereocenters. The maximum Gasteiger partial charge on any atom is 0.0701 e. The van der Waals surface area contributed by atoms with Crippen LogP contribution in [0.5, 0.6) is 0 Å². The summed E-state index contributed by atoms with van der Waals surface area (Å²) in [4.78, 5) is 1.33. The summed E-state index contributed by atoms with van der Waals surface area (Å²) in [6, 6.07) is 4.14. The Morgan fingerprint density at radius 2 is 2.36 bits per heavy atom. The van der Waals surface area contributed by atoms with Crippen molar-refractivity contribution in [3.8, 4) is 0 Å². The van der Waals surface area contributed by atoms with E-state index in [4.69, 9.17) is 5.11 Å². The molecule has 0 bridgehead atoms. The van der Waals surface area contributed by atoms with Crippen molar-refractivity contribution in [1.82, 2.24) is 0 Å². The molecule has 0 aliphatic carbocycles. The van der Waals surface area contributed by atoms with Gasteiger partial charge in [0.15, 0.2) is 0 Å². The predicted octanol–water partition coefficient (Wildman–Crippen LogP) is 2.82. The van der Waals surface area contributed by atoms with Crippen LogP contribution in [-0.2, 0) is 6.42 Å². The van der Waals surface area contributed by atoms with E-state index in [-0.39, 0.29) is 6.10 Å². The number of aliphatic hydroxyl groups excluding tert-OH is 1. The Labute approximate surface area is 79.2 Å². The monoisotopic (exact) mass is 234 g/mol. The van der Waals surface area contributed by atoms with Gasteiger partial charge in [-0.1, -0.05) is 0 Å². The lowest BCUT2D eigenvalue weighted by atomic mass is 10.2. The Morgan fingerprint density at radius 1 is 1.64 bits per heavy atom. The topological polar surface area (TPSA) is 20.2 Å². The normalized spacial score (nSPS) is 13.4. The summed E-state index contributed by atoms with van der Waals surface area (Å²) in [7, 11) is 0. The van der Waals surface area contributed by atoms with E-state index in [9.17, 15) is 0 Å². The molecule has 1 N–H and O–H groups in total. The minimum Gasteiger partial charge on any atom is -0.393 e. The van der Waals surface area contributed by atoms with Crippen LogP contribution in [-0.4, -0.2) is 11.2 Å². The van der Waals surface area contributed by atoms with Crippen LogP contribution in [0.3, 0.4) is 0 Å². The Hall–Kier alpha value is 0.140. The SMILES string of the molecule is CC(O)CCc1ccc(Br)s1. The van der Waals surface area contributed by atoms with Crippen LogP contribution in [0.25, 0.3) is 0 Å². The van der Waals surface area contributed by atoms with E-state index in [1.807, 2.05) is 13.0 Å². The van der Waals surface area contributed by atoms with Gasteiger partial charge in [-0.25, -0.2) is 0 Å². The van der Waals surface area contributed by atoms with Gasteiger partial charge in [-0.3, -0.25) is 0 Å². The molecule has 0 aromatic carbocycles. The Morgan fingerprint density at radius 3 is 2.82 bits per heavy atom. The summed E-state index contributed by atoms with van der Waals surface area (Å²) in [6.07, 6.45) is 1.65. The summed E-state index contributed by atoms with van der Waals surface area (Å²) in [6.45, 7) is 1.82. The van der Waals surface area contributed by atoms with Crippen molar-refractivity contribution in [2.45, 2.75) is 25.9 Å². The summed E-state index contributed by atoms with van der Waals surface area (Å²) >= 11 is 5.13. The van der Waals surface area contributed by atoms with Crippen molar-refractivity contribution >= 4 is 27.3 Å². The van der Waals surface area contributed by atoms with E-state index in [0.717, 1.165) is 16.6 Å². The van der Waals surface area contributed by atoms with Gasteiger partial charge in [0.1, 0.15) is 0 Å². The van der Waals surface area contributed by atoms with Crippen LogP contribution in [0.4, 0.5) is 0 Å². The molecule has 1 aromatic rings. The number of hydrogen-bond acceptors (Lipinski definition) is 2. The van der Waals surface area contributed by atoms with E-state index < -0.39 is 0 Å². The third-order valence-corrected chi connectivity index (χ3v) is 3.12. The van der Waals surface area contributed by atoms with E-state index in [1.165, 1.54) is 4.88 Å². The molecule has 3 heteroatoms. The third-order valence-electron chi connectivity index (χ3n) is 1.44. The minimum absolute atomic E-state index is 0.184. The highest BCUT2D eigenvalue weighted by Gasteiger charge is 1.99. The Kier molecular flexibility index (Phi) is 3.55. The first-order valence-electron chi connectivity index (χ1n) is 3.61. The van der Waals surface area contributed by atoms with Crippen LogP contribution in [0.2, 0.25) is 0 Å². The van der Waals surface area contributed by atoms with Gasteiger partial charge in [-0.15, -0.1) is 11.3 Å². The summed E-state index contributed by atoms with van der Waals surface area (Å²) in [5, 5.41) is 9.01. The fourth-order valence-electron chi connectivity index (χ4n) is 0.837. The molecular weight excluding hydrogens is 224 g/mol. The van der Waals surface area contributed by atoms with E-state index in [2.05, 4.69) is 22.0 Å². The first-order chi connectivity index (χ1) is 5.18. The van der Waals surface area contributed by atoms with Gasteiger partial charge in [-0.05, 0) is 47.8 Å². The molecule has 0 radical (unpaired) electrons. The van der Waals surface area contributed by atoms with Crippen molar-refractivity contribution in [2.24, 2.45) is 0 Å². The molecule has 0 aliphatic heterocycles. The zero-order chi connectivity index (χ0) is 8.27. The first-order valence-corrected chi connectivity index (χ1v) is 5.21. The van der Waals surface area contributed by atoms with Crippen molar-refractivity contribution < 1.29 is 5.11 Å². The summed E-state index contributed by atoms with van der Waals surface area (Å²) < 4.78 is 1.16. The number of rotatable bonds is 3. The molecule has 62 valence electrons. The summed E-state index contributed by atoms with van der Waals surface area (Å²) in [5.74, 6) is 0. The molecular formula is C8H11BrOS. The molecule has 11 heavy (non-hydrogen) atoms. The molecule has 0 saturated carbocycles. The highest BCUT2D eigenvalue weighted by Crippen LogP contribution is 2.23. The van der Waals surface area contributed by atoms with Gasteiger partial charge in [-0.2, -0.15) is 0 Å².